The lowest BCUT2D eigenvalue weighted by molar-refractivity contribution is 0.166. The SMILES string of the molecule is CC(C)C(CN=C(N)Nc1ccccc1)N1CCCCCC1. The van der Waals surface area contributed by atoms with Gasteiger partial charge in [-0.15, -0.1) is 0 Å². The minimum atomic E-state index is 0.481. The van der Waals surface area contributed by atoms with Crippen LogP contribution >= 0.6 is 0 Å². The highest BCUT2D eigenvalue weighted by atomic mass is 15.2. The number of para-hydroxylation sites is 1. The Kier molecular flexibility index (Phi) is 6.72. The normalized spacial score (nSPS) is 19.0. The van der Waals surface area contributed by atoms with Crippen LogP contribution < -0.4 is 11.1 Å². The predicted molar refractivity (Wildman–Crippen MR) is 95.2 cm³/mol. The van der Waals surface area contributed by atoms with E-state index in [4.69, 9.17) is 5.73 Å². The smallest absolute Gasteiger partial charge is 0.193 e. The molecule has 0 spiro atoms. The highest BCUT2D eigenvalue weighted by molar-refractivity contribution is 5.92. The molecule has 1 aliphatic heterocycles. The Morgan fingerprint density at radius 1 is 1.14 bits per heavy atom. The average Bonchev–Trinajstić information content (AvgIpc) is 2.77. The lowest BCUT2D eigenvalue weighted by atomic mass is 10.0. The number of nitrogens with zero attached hydrogens (tertiary/aromatic N) is 2. The van der Waals surface area contributed by atoms with E-state index in [2.05, 4.69) is 29.1 Å². The zero-order valence-corrected chi connectivity index (χ0v) is 14.0. The van der Waals surface area contributed by atoms with Crippen LogP contribution in [0.4, 0.5) is 5.69 Å². The Morgan fingerprint density at radius 3 is 2.36 bits per heavy atom. The van der Waals surface area contributed by atoms with Crippen molar-refractivity contribution in [1.82, 2.24) is 4.90 Å². The minimum Gasteiger partial charge on any atom is -0.370 e. The zero-order valence-electron chi connectivity index (χ0n) is 14.0. The first-order valence-electron chi connectivity index (χ1n) is 8.53. The quantitative estimate of drug-likeness (QED) is 0.648. The van der Waals surface area contributed by atoms with Crippen molar-refractivity contribution >= 4 is 11.6 Å². The number of benzene rings is 1. The van der Waals surface area contributed by atoms with Gasteiger partial charge in [-0.2, -0.15) is 0 Å². The van der Waals surface area contributed by atoms with Gasteiger partial charge in [0.05, 0.1) is 6.54 Å². The predicted octanol–water partition coefficient (Wildman–Crippen LogP) is 3.31. The molecule has 4 heteroatoms. The molecule has 122 valence electrons. The van der Waals surface area contributed by atoms with E-state index in [0.717, 1.165) is 12.2 Å². The van der Waals surface area contributed by atoms with Crippen LogP contribution in [0.1, 0.15) is 39.5 Å². The maximum absolute atomic E-state index is 6.03. The van der Waals surface area contributed by atoms with Crippen molar-refractivity contribution in [2.24, 2.45) is 16.6 Å². The van der Waals surface area contributed by atoms with Crippen LogP contribution in [0.15, 0.2) is 35.3 Å². The number of hydrogen-bond donors (Lipinski definition) is 2. The molecular formula is C18H30N4. The second-order valence-electron chi connectivity index (χ2n) is 6.48. The number of rotatable bonds is 5. The fraction of sp³-hybridized carbons (Fsp3) is 0.611. The third-order valence-electron chi connectivity index (χ3n) is 4.37. The van der Waals surface area contributed by atoms with Crippen LogP contribution in [-0.4, -0.2) is 36.5 Å². The molecule has 2 rings (SSSR count). The summed E-state index contributed by atoms with van der Waals surface area (Å²) in [6, 6.07) is 10.4. The van der Waals surface area contributed by atoms with Gasteiger partial charge < -0.3 is 11.1 Å². The van der Waals surface area contributed by atoms with E-state index in [9.17, 15) is 0 Å². The number of likely N-dealkylation sites (tertiary alicyclic amines) is 1. The summed E-state index contributed by atoms with van der Waals surface area (Å²) in [5, 5.41) is 3.16. The van der Waals surface area contributed by atoms with Crippen molar-refractivity contribution in [1.29, 1.82) is 0 Å². The summed E-state index contributed by atoms with van der Waals surface area (Å²) in [7, 11) is 0. The number of hydrogen-bond acceptors (Lipinski definition) is 2. The second-order valence-corrected chi connectivity index (χ2v) is 6.48. The third-order valence-corrected chi connectivity index (χ3v) is 4.37. The van der Waals surface area contributed by atoms with Crippen LogP contribution in [0.2, 0.25) is 0 Å². The minimum absolute atomic E-state index is 0.481. The molecule has 1 aromatic rings. The van der Waals surface area contributed by atoms with Crippen molar-refractivity contribution in [3.05, 3.63) is 30.3 Å². The van der Waals surface area contributed by atoms with Crippen LogP contribution in [0.25, 0.3) is 0 Å². The van der Waals surface area contributed by atoms with E-state index in [1.54, 1.807) is 0 Å². The number of anilines is 1. The zero-order chi connectivity index (χ0) is 15.8. The molecule has 3 N–H and O–H groups in total. The van der Waals surface area contributed by atoms with Gasteiger partial charge in [0.15, 0.2) is 5.96 Å². The van der Waals surface area contributed by atoms with Gasteiger partial charge in [-0.3, -0.25) is 9.89 Å². The molecule has 1 unspecified atom stereocenters. The molecule has 0 bridgehead atoms. The van der Waals surface area contributed by atoms with Crippen LogP contribution in [0.5, 0.6) is 0 Å². The maximum Gasteiger partial charge on any atom is 0.193 e. The van der Waals surface area contributed by atoms with Crippen molar-refractivity contribution in [3.63, 3.8) is 0 Å². The number of guanidine groups is 1. The van der Waals surface area contributed by atoms with E-state index in [-0.39, 0.29) is 0 Å². The molecule has 0 aromatic heterocycles. The molecular weight excluding hydrogens is 272 g/mol. The first-order chi connectivity index (χ1) is 10.7. The first-order valence-corrected chi connectivity index (χ1v) is 8.53. The summed E-state index contributed by atoms with van der Waals surface area (Å²) in [5.41, 5.74) is 7.02. The van der Waals surface area contributed by atoms with Gasteiger partial charge in [-0.1, -0.05) is 44.9 Å². The van der Waals surface area contributed by atoms with Gasteiger partial charge in [0.2, 0.25) is 0 Å². The fourth-order valence-electron chi connectivity index (χ4n) is 3.08. The molecule has 1 saturated heterocycles. The van der Waals surface area contributed by atoms with Gasteiger partial charge in [0.25, 0.3) is 0 Å². The van der Waals surface area contributed by atoms with Gasteiger partial charge >= 0.3 is 0 Å². The molecule has 1 aromatic carbocycles. The Morgan fingerprint density at radius 2 is 1.77 bits per heavy atom. The molecule has 0 saturated carbocycles. The molecule has 1 aliphatic rings. The monoisotopic (exact) mass is 302 g/mol. The Balaban J connectivity index is 1.93. The summed E-state index contributed by atoms with van der Waals surface area (Å²) in [6.07, 6.45) is 5.35. The molecule has 0 aliphatic carbocycles. The van der Waals surface area contributed by atoms with E-state index >= 15 is 0 Å². The number of aliphatic imine (C=N–C) groups is 1. The molecule has 0 radical (unpaired) electrons. The van der Waals surface area contributed by atoms with Gasteiger partial charge in [0.1, 0.15) is 0 Å². The molecule has 1 fully saturated rings. The topological polar surface area (TPSA) is 53.6 Å². The van der Waals surface area contributed by atoms with E-state index in [0.29, 0.717) is 17.9 Å². The van der Waals surface area contributed by atoms with Crippen molar-refractivity contribution < 1.29 is 0 Å². The molecule has 1 atom stereocenters. The molecule has 22 heavy (non-hydrogen) atoms. The van der Waals surface area contributed by atoms with Crippen molar-refractivity contribution in [3.8, 4) is 0 Å². The van der Waals surface area contributed by atoms with Gasteiger partial charge in [-0.05, 0) is 44.0 Å². The van der Waals surface area contributed by atoms with Crippen LogP contribution in [0, 0.1) is 5.92 Å². The lowest BCUT2D eigenvalue weighted by Crippen LogP contribution is -2.42. The van der Waals surface area contributed by atoms with Gasteiger partial charge in [0, 0.05) is 11.7 Å². The standard InChI is InChI=1S/C18H30N4/c1-15(2)17(22-12-8-3-4-9-13-22)14-20-18(19)21-16-10-6-5-7-11-16/h5-7,10-11,15,17H,3-4,8-9,12-14H2,1-2H3,(H3,19,20,21). The van der Waals surface area contributed by atoms with E-state index in [1.165, 1.54) is 38.8 Å². The summed E-state index contributed by atoms with van der Waals surface area (Å²) >= 11 is 0. The average molecular weight is 302 g/mol. The number of nitrogens with one attached hydrogen (secondary N) is 1. The summed E-state index contributed by atoms with van der Waals surface area (Å²) in [6.45, 7) is 7.73. The lowest BCUT2D eigenvalue weighted by Gasteiger charge is -2.32. The molecule has 1 heterocycles. The largest absolute Gasteiger partial charge is 0.370 e. The second kappa shape index (κ2) is 8.79. The summed E-state index contributed by atoms with van der Waals surface area (Å²) in [4.78, 5) is 7.20. The van der Waals surface area contributed by atoms with Crippen LogP contribution in [0.3, 0.4) is 0 Å². The Hall–Kier alpha value is -1.55. The highest BCUT2D eigenvalue weighted by Crippen LogP contribution is 2.17. The van der Waals surface area contributed by atoms with Crippen molar-refractivity contribution in [2.45, 2.75) is 45.6 Å². The first kappa shape index (κ1) is 16.8. The maximum atomic E-state index is 6.03. The third kappa shape index (κ3) is 5.34. The Bertz CT molecular complexity index is 447. The number of nitrogens with two attached hydrogens (primary N) is 1. The van der Waals surface area contributed by atoms with Gasteiger partial charge in [-0.25, -0.2) is 0 Å². The summed E-state index contributed by atoms with van der Waals surface area (Å²) < 4.78 is 0. The van der Waals surface area contributed by atoms with Crippen LogP contribution in [-0.2, 0) is 0 Å². The van der Waals surface area contributed by atoms with Crippen molar-refractivity contribution in [2.75, 3.05) is 25.0 Å². The molecule has 0 amide bonds. The summed E-state index contributed by atoms with van der Waals surface area (Å²) in [5.74, 6) is 1.10. The van der Waals surface area contributed by atoms with E-state index < -0.39 is 0 Å². The van der Waals surface area contributed by atoms with E-state index in [1.807, 2.05) is 30.3 Å². The fourth-order valence-corrected chi connectivity index (χ4v) is 3.08. The Labute approximate surface area is 134 Å². The highest BCUT2D eigenvalue weighted by Gasteiger charge is 2.22. The molecule has 4 nitrogen and oxygen atoms in total.